The molecule has 27 heavy (non-hydrogen) atoms. The van der Waals surface area contributed by atoms with Crippen molar-refractivity contribution < 1.29 is 13.2 Å². The number of benzene rings is 2. The van der Waals surface area contributed by atoms with Crippen molar-refractivity contribution in [3.8, 4) is 0 Å². The Labute approximate surface area is 158 Å². The minimum atomic E-state index is -3.68. The first-order valence-electron chi connectivity index (χ1n) is 8.34. The average molecular weight is 381 g/mol. The van der Waals surface area contributed by atoms with E-state index in [2.05, 4.69) is 15.0 Å². The molecule has 138 valence electrons. The SMILES string of the molecule is CC(NS(=O)(=O)c1ccc(NC(=O)c2cccnc2)cc1)c1ccccc1. The number of pyridine rings is 1. The van der Waals surface area contributed by atoms with Crippen LogP contribution < -0.4 is 10.0 Å². The molecular weight excluding hydrogens is 362 g/mol. The molecule has 2 N–H and O–H groups in total. The number of nitrogens with zero attached hydrogens (tertiary/aromatic N) is 1. The van der Waals surface area contributed by atoms with Crippen LogP contribution in [0, 0.1) is 0 Å². The number of carbonyl (C=O) groups is 1. The van der Waals surface area contributed by atoms with Gasteiger partial charge < -0.3 is 5.32 Å². The van der Waals surface area contributed by atoms with Crippen molar-refractivity contribution in [2.75, 3.05) is 5.32 Å². The maximum absolute atomic E-state index is 12.6. The molecule has 0 saturated carbocycles. The normalized spacial score (nSPS) is 12.3. The lowest BCUT2D eigenvalue weighted by atomic mass is 10.1. The zero-order chi connectivity index (χ0) is 19.3. The summed E-state index contributed by atoms with van der Waals surface area (Å²) in [7, 11) is -3.68. The molecule has 0 saturated heterocycles. The molecule has 0 aliphatic rings. The van der Waals surface area contributed by atoms with E-state index in [1.54, 1.807) is 37.4 Å². The molecule has 1 unspecified atom stereocenters. The molecule has 1 heterocycles. The third-order valence-electron chi connectivity index (χ3n) is 3.98. The highest BCUT2D eigenvalue weighted by atomic mass is 32.2. The molecule has 0 aliphatic carbocycles. The summed E-state index contributed by atoms with van der Waals surface area (Å²) in [6.07, 6.45) is 3.04. The van der Waals surface area contributed by atoms with Crippen LogP contribution in [0.15, 0.2) is 84.0 Å². The van der Waals surface area contributed by atoms with Crippen molar-refractivity contribution in [3.63, 3.8) is 0 Å². The average Bonchev–Trinajstić information content (AvgIpc) is 2.69. The van der Waals surface area contributed by atoms with Gasteiger partial charge in [0, 0.05) is 24.1 Å². The zero-order valence-corrected chi connectivity index (χ0v) is 15.5. The summed E-state index contributed by atoms with van der Waals surface area (Å²) >= 11 is 0. The van der Waals surface area contributed by atoms with Crippen LogP contribution in [0.1, 0.15) is 28.9 Å². The van der Waals surface area contributed by atoms with Crippen molar-refractivity contribution in [1.29, 1.82) is 0 Å². The van der Waals surface area contributed by atoms with Crippen LogP contribution in [0.3, 0.4) is 0 Å². The Hall–Kier alpha value is -3.03. The van der Waals surface area contributed by atoms with Crippen LogP contribution in [0.4, 0.5) is 5.69 Å². The molecule has 6 nitrogen and oxygen atoms in total. The van der Waals surface area contributed by atoms with Gasteiger partial charge >= 0.3 is 0 Å². The lowest BCUT2D eigenvalue weighted by Gasteiger charge is -2.15. The third-order valence-corrected chi connectivity index (χ3v) is 5.53. The molecule has 3 aromatic rings. The van der Waals surface area contributed by atoms with Crippen molar-refractivity contribution in [3.05, 3.63) is 90.3 Å². The summed E-state index contributed by atoms with van der Waals surface area (Å²) in [6, 6.07) is 18.3. The van der Waals surface area contributed by atoms with Gasteiger partial charge in [0.1, 0.15) is 0 Å². The summed E-state index contributed by atoms with van der Waals surface area (Å²) in [4.78, 5) is 16.1. The maximum atomic E-state index is 12.6. The fourth-order valence-corrected chi connectivity index (χ4v) is 3.76. The van der Waals surface area contributed by atoms with Gasteiger partial charge in [-0.1, -0.05) is 30.3 Å². The molecule has 1 aromatic heterocycles. The van der Waals surface area contributed by atoms with E-state index in [4.69, 9.17) is 0 Å². The number of anilines is 1. The Balaban J connectivity index is 1.69. The predicted octanol–water partition coefficient (Wildman–Crippen LogP) is 3.37. The smallest absolute Gasteiger partial charge is 0.257 e. The van der Waals surface area contributed by atoms with E-state index in [1.165, 1.54) is 18.3 Å². The van der Waals surface area contributed by atoms with E-state index in [1.807, 2.05) is 30.3 Å². The number of hydrogen-bond acceptors (Lipinski definition) is 4. The largest absolute Gasteiger partial charge is 0.322 e. The van der Waals surface area contributed by atoms with Crippen molar-refractivity contribution in [1.82, 2.24) is 9.71 Å². The highest BCUT2D eigenvalue weighted by Gasteiger charge is 2.18. The Morgan fingerprint density at radius 1 is 0.963 bits per heavy atom. The second-order valence-corrected chi connectivity index (χ2v) is 7.69. The summed E-state index contributed by atoms with van der Waals surface area (Å²) in [5, 5.41) is 2.71. The van der Waals surface area contributed by atoms with E-state index >= 15 is 0 Å². The van der Waals surface area contributed by atoms with Gasteiger partial charge in [-0.15, -0.1) is 0 Å². The number of nitrogens with one attached hydrogen (secondary N) is 2. The first kappa shape index (κ1) is 18.8. The number of rotatable bonds is 6. The molecule has 0 bridgehead atoms. The number of carbonyl (C=O) groups excluding carboxylic acids is 1. The highest BCUT2D eigenvalue weighted by Crippen LogP contribution is 2.19. The van der Waals surface area contributed by atoms with Crippen molar-refractivity contribution in [2.24, 2.45) is 0 Å². The van der Waals surface area contributed by atoms with E-state index in [0.717, 1.165) is 5.56 Å². The maximum Gasteiger partial charge on any atom is 0.257 e. The number of amides is 1. The lowest BCUT2D eigenvalue weighted by molar-refractivity contribution is 0.102. The summed E-state index contributed by atoms with van der Waals surface area (Å²) < 4.78 is 27.8. The van der Waals surface area contributed by atoms with E-state index in [0.29, 0.717) is 11.3 Å². The lowest BCUT2D eigenvalue weighted by Crippen LogP contribution is -2.26. The van der Waals surface area contributed by atoms with Crippen LogP contribution in [-0.2, 0) is 10.0 Å². The van der Waals surface area contributed by atoms with E-state index < -0.39 is 10.0 Å². The van der Waals surface area contributed by atoms with Gasteiger partial charge in [-0.05, 0) is 48.9 Å². The molecule has 3 rings (SSSR count). The highest BCUT2D eigenvalue weighted by molar-refractivity contribution is 7.89. The van der Waals surface area contributed by atoms with Crippen LogP contribution in [-0.4, -0.2) is 19.3 Å². The van der Waals surface area contributed by atoms with Crippen LogP contribution in [0.25, 0.3) is 0 Å². The Kier molecular flexibility index (Phi) is 5.63. The number of hydrogen-bond donors (Lipinski definition) is 2. The van der Waals surface area contributed by atoms with Crippen LogP contribution in [0.2, 0.25) is 0 Å². The molecule has 1 amide bonds. The third kappa shape index (κ3) is 4.78. The molecule has 1 atom stereocenters. The molecule has 2 aromatic carbocycles. The van der Waals surface area contributed by atoms with Gasteiger partial charge in [0.2, 0.25) is 10.0 Å². The topological polar surface area (TPSA) is 88.2 Å². The standard InChI is InChI=1S/C20H19N3O3S/c1-15(16-6-3-2-4-7-16)23-27(25,26)19-11-9-18(10-12-19)22-20(24)17-8-5-13-21-14-17/h2-15,23H,1H3,(H,22,24). The fraction of sp³-hybridized carbons (Fsp3) is 0.100. The Morgan fingerprint density at radius 3 is 2.30 bits per heavy atom. The zero-order valence-electron chi connectivity index (χ0n) is 14.7. The first-order valence-corrected chi connectivity index (χ1v) is 9.83. The van der Waals surface area contributed by atoms with Crippen molar-refractivity contribution in [2.45, 2.75) is 17.9 Å². The van der Waals surface area contributed by atoms with Gasteiger partial charge in [-0.2, -0.15) is 0 Å². The molecule has 0 spiro atoms. The van der Waals surface area contributed by atoms with Gasteiger partial charge in [-0.25, -0.2) is 13.1 Å². The Morgan fingerprint density at radius 2 is 1.67 bits per heavy atom. The van der Waals surface area contributed by atoms with E-state index in [-0.39, 0.29) is 16.8 Å². The molecular formula is C20H19N3O3S. The molecule has 7 heteroatoms. The predicted molar refractivity (Wildman–Crippen MR) is 104 cm³/mol. The van der Waals surface area contributed by atoms with Crippen LogP contribution >= 0.6 is 0 Å². The van der Waals surface area contributed by atoms with Crippen molar-refractivity contribution >= 4 is 21.6 Å². The fourth-order valence-electron chi connectivity index (χ4n) is 2.53. The minimum absolute atomic E-state index is 0.129. The molecule has 0 fully saturated rings. The number of aromatic nitrogens is 1. The summed E-state index contributed by atoms with van der Waals surface area (Å²) in [5.74, 6) is -0.311. The monoisotopic (exact) mass is 381 g/mol. The molecule has 0 radical (unpaired) electrons. The van der Waals surface area contributed by atoms with Crippen LogP contribution in [0.5, 0.6) is 0 Å². The minimum Gasteiger partial charge on any atom is -0.322 e. The number of sulfonamides is 1. The Bertz CT molecular complexity index is 1010. The second kappa shape index (κ2) is 8.11. The summed E-state index contributed by atoms with van der Waals surface area (Å²) in [6.45, 7) is 1.79. The van der Waals surface area contributed by atoms with Gasteiger partial charge in [0.05, 0.1) is 10.5 Å². The van der Waals surface area contributed by atoms with Gasteiger partial charge in [0.25, 0.3) is 5.91 Å². The summed E-state index contributed by atoms with van der Waals surface area (Å²) in [5.41, 5.74) is 1.80. The first-order chi connectivity index (χ1) is 13.0. The van der Waals surface area contributed by atoms with Gasteiger partial charge in [0.15, 0.2) is 0 Å². The molecule has 0 aliphatic heterocycles. The quantitative estimate of drug-likeness (QED) is 0.685. The van der Waals surface area contributed by atoms with E-state index in [9.17, 15) is 13.2 Å². The second-order valence-electron chi connectivity index (χ2n) is 5.97. The van der Waals surface area contributed by atoms with Gasteiger partial charge in [-0.3, -0.25) is 9.78 Å².